The van der Waals surface area contributed by atoms with E-state index in [1.165, 1.54) is 53.6 Å². The zero-order valence-electron chi connectivity index (χ0n) is 28.8. The van der Waals surface area contributed by atoms with Crippen LogP contribution in [0.3, 0.4) is 0 Å². The third kappa shape index (κ3) is 10.4. The van der Waals surface area contributed by atoms with E-state index < -0.39 is 45.6 Å². The molecule has 12 nitrogen and oxygen atoms in total. The van der Waals surface area contributed by atoms with Crippen LogP contribution in [0.1, 0.15) is 43.7 Å². The molecule has 14 heteroatoms. The number of aromatic amines is 1. The van der Waals surface area contributed by atoms with Crippen LogP contribution < -0.4 is 21.9 Å². The molecule has 2 atom stereocenters. The number of amides is 2. The number of H-pyrrole nitrogens is 1. The van der Waals surface area contributed by atoms with Crippen molar-refractivity contribution in [1.29, 1.82) is 0 Å². The summed E-state index contributed by atoms with van der Waals surface area (Å²) in [5, 5.41) is 15.4. The first kappa shape index (κ1) is 39.2. The van der Waals surface area contributed by atoms with E-state index in [9.17, 15) is 27.9 Å². The van der Waals surface area contributed by atoms with E-state index in [4.69, 9.17) is 10.5 Å². The SMILES string of the molecule is COC(=O)N[C@H](C(=O)Nc1c(SC[C@@H](CCO)N(CCC(C)C)S(=O)(=O)c2ccc(N)cc2)cc[nH]c1=O)C(c1ccccc1)c1ccccc1. The van der Waals surface area contributed by atoms with Crippen LogP contribution in [0.25, 0.3) is 0 Å². The van der Waals surface area contributed by atoms with Gasteiger partial charge in [0.2, 0.25) is 15.9 Å². The van der Waals surface area contributed by atoms with Crippen molar-refractivity contribution >= 4 is 45.2 Å². The molecule has 4 aromatic rings. The van der Waals surface area contributed by atoms with Gasteiger partial charge < -0.3 is 31.2 Å². The summed E-state index contributed by atoms with van der Waals surface area (Å²) >= 11 is 1.17. The number of nitrogens with one attached hydrogen (secondary N) is 3. The van der Waals surface area contributed by atoms with Gasteiger partial charge in [-0.2, -0.15) is 4.31 Å². The lowest BCUT2D eigenvalue weighted by molar-refractivity contribution is -0.118. The first-order valence-electron chi connectivity index (χ1n) is 16.5. The minimum Gasteiger partial charge on any atom is -0.453 e. The Morgan fingerprint density at radius 3 is 2.10 bits per heavy atom. The Hall–Kier alpha value is -4.63. The zero-order chi connectivity index (χ0) is 37.0. The summed E-state index contributed by atoms with van der Waals surface area (Å²) in [4.78, 5) is 43.1. The second-order valence-electron chi connectivity index (χ2n) is 12.3. The molecule has 0 fully saturated rings. The zero-order valence-corrected chi connectivity index (χ0v) is 30.5. The molecule has 51 heavy (non-hydrogen) atoms. The van der Waals surface area contributed by atoms with E-state index in [2.05, 4.69) is 15.6 Å². The van der Waals surface area contributed by atoms with Gasteiger partial charge in [0, 0.05) is 47.6 Å². The van der Waals surface area contributed by atoms with Crippen LogP contribution in [0, 0.1) is 5.92 Å². The van der Waals surface area contributed by atoms with Crippen LogP contribution in [0.5, 0.6) is 0 Å². The van der Waals surface area contributed by atoms with Crippen molar-refractivity contribution in [3.63, 3.8) is 0 Å². The Bertz CT molecular complexity index is 1850. The van der Waals surface area contributed by atoms with Crippen molar-refractivity contribution in [1.82, 2.24) is 14.6 Å². The van der Waals surface area contributed by atoms with Crippen LogP contribution in [0.4, 0.5) is 16.2 Å². The Morgan fingerprint density at radius 2 is 1.55 bits per heavy atom. The monoisotopic (exact) mass is 735 g/mol. The van der Waals surface area contributed by atoms with Crippen molar-refractivity contribution in [2.75, 3.05) is 37.1 Å². The van der Waals surface area contributed by atoms with Crippen molar-refractivity contribution in [2.45, 2.75) is 54.5 Å². The molecule has 0 spiro atoms. The van der Waals surface area contributed by atoms with Gasteiger partial charge in [-0.3, -0.25) is 9.59 Å². The third-order valence-corrected chi connectivity index (χ3v) is 11.4. The predicted molar refractivity (Wildman–Crippen MR) is 200 cm³/mol. The standard InChI is InChI=1S/C37H45N5O7S2/c1-25(2)19-22-42(51(47,48)30-16-14-28(38)15-17-30)29(20-23-43)24-50-31-18-21-39-35(44)33(31)40-36(45)34(41-37(46)49-3)32(26-10-6-4-7-11-26)27-12-8-5-9-13-27/h4-18,21,25,29,32,34,43H,19-20,22-24,38H2,1-3H3,(H,39,44)(H,40,45)(H,41,46)/t29-,34+/m1/s1. The number of hydrogen-bond donors (Lipinski definition) is 5. The Balaban J connectivity index is 1.68. The number of aliphatic hydroxyl groups excluding tert-OH is 1. The van der Waals surface area contributed by atoms with Gasteiger partial charge in [-0.1, -0.05) is 74.5 Å². The number of carbonyl (C=O) groups excluding carboxylic acids is 2. The fourth-order valence-corrected chi connectivity index (χ4v) is 8.52. The van der Waals surface area contributed by atoms with Crippen molar-refractivity contribution < 1.29 is 27.9 Å². The third-order valence-electron chi connectivity index (χ3n) is 8.28. The number of ether oxygens (including phenoxy) is 1. The molecule has 0 unspecified atom stereocenters. The highest BCUT2D eigenvalue weighted by Crippen LogP contribution is 2.32. The lowest BCUT2D eigenvalue weighted by Gasteiger charge is -2.31. The highest BCUT2D eigenvalue weighted by molar-refractivity contribution is 7.99. The fraction of sp³-hybridized carbons (Fsp3) is 0.324. The van der Waals surface area contributed by atoms with Gasteiger partial charge in [-0.05, 0) is 60.2 Å². The van der Waals surface area contributed by atoms with Crippen LogP contribution in [0.15, 0.2) is 112 Å². The molecule has 6 N–H and O–H groups in total. The normalized spacial score (nSPS) is 12.8. The number of alkyl carbamates (subject to hydrolysis) is 1. The number of benzene rings is 3. The topological polar surface area (TPSA) is 184 Å². The first-order chi connectivity index (χ1) is 24.5. The van der Waals surface area contributed by atoms with Crippen molar-refractivity contribution in [3.05, 3.63) is 119 Å². The number of aromatic nitrogens is 1. The number of anilines is 2. The molecule has 0 aliphatic rings. The summed E-state index contributed by atoms with van der Waals surface area (Å²) in [6.07, 6.45) is 1.31. The van der Waals surface area contributed by atoms with E-state index in [1.54, 1.807) is 6.07 Å². The molecule has 0 radical (unpaired) electrons. The van der Waals surface area contributed by atoms with E-state index in [1.807, 2.05) is 74.5 Å². The first-order valence-corrected chi connectivity index (χ1v) is 19.0. The van der Waals surface area contributed by atoms with Gasteiger partial charge in [0.1, 0.15) is 11.7 Å². The molecule has 0 saturated heterocycles. The Kier molecular flexibility index (Phi) is 14.3. The van der Waals surface area contributed by atoms with E-state index in [0.717, 1.165) is 11.1 Å². The number of methoxy groups -OCH3 is 1. The number of hydrogen-bond acceptors (Lipinski definition) is 9. The van der Waals surface area contributed by atoms with E-state index >= 15 is 0 Å². The number of carbonyl (C=O) groups is 2. The molecular formula is C37H45N5O7S2. The maximum atomic E-state index is 14.2. The van der Waals surface area contributed by atoms with Gasteiger partial charge in [0.25, 0.3) is 5.56 Å². The minimum atomic E-state index is -4.00. The number of sulfonamides is 1. The molecule has 4 rings (SSSR count). The largest absolute Gasteiger partial charge is 0.453 e. The maximum absolute atomic E-state index is 14.2. The number of rotatable bonds is 17. The summed E-state index contributed by atoms with van der Waals surface area (Å²) in [6.45, 7) is 3.92. The number of aliphatic hydroxyl groups is 1. The Morgan fingerprint density at radius 1 is 0.941 bits per heavy atom. The van der Waals surface area contributed by atoms with Gasteiger partial charge in [-0.15, -0.1) is 11.8 Å². The molecule has 1 heterocycles. The smallest absolute Gasteiger partial charge is 0.407 e. The number of nitrogens with zero attached hydrogens (tertiary/aromatic N) is 1. The fourth-order valence-electron chi connectivity index (χ4n) is 5.59. The molecular weight excluding hydrogens is 691 g/mol. The molecule has 0 aliphatic carbocycles. The quantitative estimate of drug-likeness (QED) is 0.0733. The summed E-state index contributed by atoms with van der Waals surface area (Å²) in [7, 11) is -2.80. The molecule has 3 aromatic carbocycles. The summed E-state index contributed by atoms with van der Waals surface area (Å²) in [5.41, 5.74) is 7.07. The maximum Gasteiger partial charge on any atom is 0.407 e. The van der Waals surface area contributed by atoms with Gasteiger partial charge in [0.15, 0.2) is 0 Å². The molecule has 0 aliphatic heterocycles. The lowest BCUT2D eigenvalue weighted by atomic mass is 9.84. The lowest BCUT2D eigenvalue weighted by Crippen LogP contribution is -2.48. The van der Waals surface area contributed by atoms with Crippen molar-refractivity contribution in [3.8, 4) is 0 Å². The second kappa shape index (κ2) is 18.6. The summed E-state index contributed by atoms with van der Waals surface area (Å²) in [5.74, 6) is -0.978. The number of nitrogen functional groups attached to an aromatic ring is 1. The molecule has 0 saturated carbocycles. The number of thioether (sulfide) groups is 1. The predicted octanol–water partition coefficient (Wildman–Crippen LogP) is 5.03. The van der Waals surface area contributed by atoms with Gasteiger partial charge in [-0.25, -0.2) is 13.2 Å². The minimum absolute atomic E-state index is 0.0677. The summed E-state index contributed by atoms with van der Waals surface area (Å²) < 4.78 is 34.2. The van der Waals surface area contributed by atoms with Crippen LogP contribution in [0.2, 0.25) is 0 Å². The average Bonchev–Trinajstić information content (AvgIpc) is 3.12. The average molecular weight is 736 g/mol. The second-order valence-corrected chi connectivity index (χ2v) is 15.2. The molecule has 0 bridgehead atoms. The van der Waals surface area contributed by atoms with E-state index in [0.29, 0.717) is 17.0 Å². The van der Waals surface area contributed by atoms with Gasteiger partial charge in [0.05, 0.1) is 12.0 Å². The van der Waals surface area contributed by atoms with Crippen molar-refractivity contribution in [2.24, 2.45) is 5.92 Å². The number of nitrogens with two attached hydrogens (primary N) is 1. The van der Waals surface area contributed by atoms with Crippen LogP contribution >= 0.6 is 11.8 Å². The van der Waals surface area contributed by atoms with Crippen LogP contribution in [-0.2, 0) is 19.6 Å². The molecule has 2 amide bonds. The summed E-state index contributed by atoms with van der Waals surface area (Å²) in [6, 6.07) is 24.1. The van der Waals surface area contributed by atoms with Gasteiger partial charge >= 0.3 is 6.09 Å². The number of pyridine rings is 1. The molecule has 1 aromatic heterocycles. The van der Waals surface area contributed by atoms with E-state index in [-0.39, 0.29) is 41.8 Å². The van der Waals surface area contributed by atoms with Crippen LogP contribution in [-0.4, -0.2) is 72.9 Å². The highest BCUT2D eigenvalue weighted by atomic mass is 32.2. The molecule has 272 valence electrons. The Labute approximate surface area is 302 Å². The highest BCUT2D eigenvalue weighted by Gasteiger charge is 2.35.